The molecule has 0 aromatic carbocycles. The molecule has 0 radical (unpaired) electrons. The predicted molar refractivity (Wildman–Crippen MR) is 67.7 cm³/mol. The highest BCUT2D eigenvalue weighted by molar-refractivity contribution is 7.99. The summed E-state index contributed by atoms with van der Waals surface area (Å²) in [5.41, 5.74) is 0. The predicted octanol–water partition coefficient (Wildman–Crippen LogP) is 0.312. The number of aliphatic hydroxyl groups excluding tert-OH is 1. The molecule has 1 atom stereocenters. The van der Waals surface area contributed by atoms with Crippen molar-refractivity contribution in [3.8, 4) is 0 Å². The molecule has 2 N–H and O–H groups in total. The fourth-order valence-corrected chi connectivity index (χ4v) is 2.45. The van der Waals surface area contributed by atoms with Crippen molar-refractivity contribution in [2.24, 2.45) is 0 Å². The zero-order valence-corrected chi connectivity index (χ0v) is 10.8. The van der Waals surface area contributed by atoms with Crippen LogP contribution in [0.4, 0.5) is 0 Å². The van der Waals surface area contributed by atoms with Crippen molar-refractivity contribution in [1.29, 1.82) is 0 Å². The van der Waals surface area contributed by atoms with Gasteiger partial charge in [-0.2, -0.15) is 11.8 Å². The van der Waals surface area contributed by atoms with Crippen LogP contribution >= 0.6 is 11.8 Å². The van der Waals surface area contributed by atoms with Crippen LogP contribution in [0, 0.1) is 0 Å². The summed E-state index contributed by atoms with van der Waals surface area (Å²) in [5.74, 6) is 0.633. The van der Waals surface area contributed by atoms with Crippen molar-refractivity contribution in [2.75, 3.05) is 38.2 Å². The van der Waals surface area contributed by atoms with Gasteiger partial charge in [-0.05, 0) is 25.6 Å². The van der Waals surface area contributed by atoms with Gasteiger partial charge in [0.05, 0.1) is 12.4 Å². The van der Waals surface area contributed by atoms with Crippen molar-refractivity contribution in [3.05, 3.63) is 0 Å². The summed E-state index contributed by atoms with van der Waals surface area (Å²) in [6.45, 7) is 2.82. The van der Waals surface area contributed by atoms with Gasteiger partial charge in [0.15, 0.2) is 0 Å². The number of aliphatic hydroxyl groups is 1. The molecule has 0 aromatic rings. The highest BCUT2D eigenvalue weighted by atomic mass is 32.2. The molecule has 1 heterocycles. The maximum absolute atomic E-state index is 11.2. The first-order valence-electron chi connectivity index (χ1n) is 5.88. The van der Waals surface area contributed by atoms with Crippen LogP contribution in [0.25, 0.3) is 0 Å². The van der Waals surface area contributed by atoms with Crippen LogP contribution in [-0.2, 0) is 4.79 Å². The molecule has 0 saturated carbocycles. The number of nitrogens with one attached hydrogen (secondary N) is 1. The Hall–Kier alpha value is -0.260. The van der Waals surface area contributed by atoms with Crippen molar-refractivity contribution in [3.63, 3.8) is 0 Å². The highest BCUT2D eigenvalue weighted by Crippen LogP contribution is 2.15. The molecule has 1 saturated heterocycles. The molecular weight excluding hydrogens is 224 g/mol. The Kier molecular flexibility index (Phi) is 6.84. The first-order chi connectivity index (χ1) is 7.77. The Balaban J connectivity index is 2.17. The third-order valence-corrected chi connectivity index (χ3v) is 3.51. The van der Waals surface area contributed by atoms with E-state index < -0.39 is 0 Å². The van der Waals surface area contributed by atoms with Crippen LogP contribution in [0.3, 0.4) is 0 Å². The van der Waals surface area contributed by atoms with Crippen LogP contribution < -0.4 is 5.32 Å². The average molecular weight is 246 g/mol. The van der Waals surface area contributed by atoms with Crippen LogP contribution in [0.2, 0.25) is 0 Å². The van der Waals surface area contributed by atoms with E-state index in [1.807, 2.05) is 6.26 Å². The molecule has 1 rings (SSSR count). The molecule has 0 unspecified atom stereocenters. The lowest BCUT2D eigenvalue weighted by Gasteiger charge is -2.34. The molecule has 5 heteroatoms. The van der Waals surface area contributed by atoms with Gasteiger partial charge in [0, 0.05) is 19.1 Å². The van der Waals surface area contributed by atoms with Crippen molar-refractivity contribution in [1.82, 2.24) is 10.2 Å². The molecular formula is C11H22N2O2S. The number of likely N-dealkylation sites (tertiary alicyclic amines) is 1. The SMILES string of the molecule is CSCC(=O)NCCN1CCCC[C@H]1CO. The smallest absolute Gasteiger partial charge is 0.230 e. The molecule has 1 amide bonds. The molecule has 0 spiro atoms. The number of carbonyl (C=O) groups is 1. The summed E-state index contributed by atoms with van der Waals surface area (Å²) in [6.07, 6.45) is 5.41. The third-order valence-electron chi connectivity index (χ3n) is 2.96. The first-order valence-corrected chi connectivity index (χ1v) is 7.28. The van der Waals surface area contributed by atoms with E-state index in [-0.39, 0.29) is 12.5 Å². The van der Waals surface area contributed by atoms with Gasteiger partial charge in [0.1, 0.15) is 0 Å². The molecule has 94 valence electrons. The van der Waals surface area contributed by atoms with E-state index in [2.05, 4.69) is 10.2 Å². The second-order valence-corrected chi connectivity index (χ2v) is 5.02. The lowest BCUT2D eigenvalue weighted by Crippen LogP contribution is -2.45. The minimum Gasteiger partial charge on any atom is -0.395 e. The first kappa shape index (κ1) is 13.8. The maximum Gasteiger partial charge on any atom is 0.230 e. The topological polar surface area (TPSA) is 52.6 Å². The van der Waals surface area contributed by atoms with Gasteiger partial charge in [-0.15, -0.1) is 0 Å². The Morgan fingerprint density at radius 2 is 2.38 bits per heavy atom. The van der Waals surface area contributed by atoms with Gasteiger partial charge < -0.3 is 10.4 Å². The normalized spacial score (nSPS) is 22.0. The van der Waals surface area contributed by atoms with Crippen LogP contribution in [0.5, 0.6) is 0 Å². The summed E-state index contributed by atoms with van der Waals surface area (Å²) < 4.78 is 0. The zero-order valence-electron chi connectivity index (χ0n) is 9.95. The van der Waals surface area contributed by atoms with E-state index in [1.54, 1.807) is 0 Å². The lowest BCUT2D eigenvalue weighted by molar-refractivity contribution is -0.118. The number of hydrogen-bond acceptors (Lipinski definition) is 4. The number of hydrogen-bond donors (Lipinski definition) is 2. The van der Waals surface area contributed by atoms with Gasteiger partial charge in [-0.25, -0.2) is 0 Å². The average Bonchev–Trinajstić information content (AvgIpc) is 2.30. The molecule has 1 aliphatic heterocycles. The fraction of sp³-hybridized carbons (Fsp3) is 0.909. The minimum atomic E-state index is 0.102. The lowest BCUT2D eigenvalue weighted by atomic mass is 10.0. The fourth-order valence-electron chi connectivity index (χ4n) is 2.08. The number of amides is 1. The van der Waals surface area contributed by atoms with E-state index in [0.29, 0.717) is 18.3 Å². The number of nitrogens with zero attached hydrogens (tertiary/aromatic N) is 1. The Morgan fingerprint density at radius 3 is 3.06 bits per heavy atom. The molecule has 1 aliphatic rings. The maximum atomic E-state index is 11.2. The summed E-state index contributed by atoms with van der Waals surface area (Å²) in [4.78, 5) is 13.5. The second-order valence-electron chi connectivity index (χ2n) is 4.15. The van der Waals surface area contributed by atoms with Gasteiger partial charge in [0.2, 0.25) is 5.91 Å². The quantitative estimate of drug-likeness (QED) is 0.708. The largest absolute Gasteiger partial charge is 0.395 e. The summed E-state index contributed by atoms with van der Waals surface area (Å²) in [6, 6.07) is 0.297. The minimum absolute atomic E-state index is 0.102. The van der Waals surface area contributed by atoms with E-state index in [9.17, 15) is 9.90 Å². The van der Waals surface area contributed by atoms with Gasteiger partial charge in [-0.3, -0.25) is 9.69 Å². The Morgan fingerprint density at radius 1 is 1.56 bits per heavy atom. The van der Waals surface area contributed by atoms with E-state index in [1.165, 1.54) is 24.6 Å². The monoisotopic (exact) mass is 246 g/mol. The molecule has 4 nitrogen and oxygen atoms in total. The Bertz CT molecular complexity index is 214. The van der Waals surface area contributed by atoms with Crippen molar-refractivity contribution < 1.29 is 9.90 Å². The van der Waals surface area contributed by atoms with Crippen LogP contribution in [-0.4, -0.2) is 60.2 Å². The number of piperidine rings is 1. The van der Waals surface area contributed by atoms with Crippen LogP contribution in [0.1, 0.15) is 19.3 Å². The van der Waals surface area contributed by atoms with Gasteiger partial charge in [-0.1, -0.05) is 6.42 Å². The summed E-state index contributed by atoms with van der Waals surface area (Å²) in [5, 5.41) is 12.1. The third kappa shape index (κ3) is 4.72. The molecule has 0 bridgehead atoms. The molecule has 16 heavy (non-hydrogen) atoms. The second kappa shape index (κ2) is 7.92. The molecule has 0 aromatic heterocycles. The van der Waals surface area contributed by atoms with Gasteiger partial charge in [0.25, 0.3) is 0 Å². The van der Waals surface area contributed by atoms with Crippen molar-refractivity contribution >= 4 is 17.7 Å². The number of thioether (sulfide) groups is 1. The van der Waals surface area contributed by atoms with Gasteiger partial charge >= 0.3 is 0 Å². The van der Waals surface area contributed by atoms with E-state index >= 15 is 0 Å². The number of carbonyl (C=O) groups excluding carboxylic acids is 1. The summed E-state index contributed by atoms with van der Waals surface area (Å²) in [7, 11) is 0. The highest BCUT2D eigenvalue weighted by Gasteiger charge is 2.20. The molecule has 1 fully saturated rings. The van der Waals surface area contributed by atoms with E-state index in [0.717, 1.165) is 19.5 Å². The van der Waals surface area contributed by atoms with Crippen LogP contribution in [0.15, 0.2) is 0 Å². The Labute approximate surface area is 102 Å². The molecule has 0 aliphatic carbocycles. The summed E-state index contributed by atoms with van der Waals surface area (Å²) >= 11 is 1.54. The number of rotatable bonds is 6. The zero-order chi connectivity index (χ0) is 11.8. The standard InChI is InChI=1S/C11H22N2O2S/c1-16-9-11(15)12-5-7-13-6-3-2-4-10(13)8-14/h10,14H,2-9H2,1H3,(H,12,15)/t10-/m0/s1. The van der Waals surface area contributed by atoms with E-state index in [4.69, 9.17) is 0 Å². The van der Waals surface area contributed by atoms with Crippen molar-refractivity contribution in [2.45, 2.75) is 25.3 Å².